The highest BCUT2D eigenvalue weighted by Crippen LogP contribution is 2.34. The van der Waals surface area contributed by atoms with Crippen LogP contribution in [0.5, 0.6) is 0 Å². The van der Waals surface area contributed by atoms with Crippen molar-refractivity contribution in [2.75, 3.05) is 5.32 Å². The molecular formula is C18H17N5O3. The second kappa shape index (κ2) is 6.55. The van der Waals surface area contributed by atoms with Gasteiger partial charge in [-0.15, -0.1) is 0 Å². The van der Waals surface area contributed by atoms with E-state index in [1.165, 1.54) is 6.20 Å². The molecule has 0 bridgehead atoms. The molecular weight excluding hydrogens is 334 g/mol. The van der Waals surface area contributed by atoms with Gasteiger partial charge in [-0.1, -0.05) is 12.8 Å². The molecule has 0 aromatic carbocycles. The van der Waals surface area contributed by atoms with Crippen LogP contribution in [0.2, 0.25) is 0 Å². The molecule has 0 radical (unpaired) electrons. The first-order valence-electron chi connectivity index (χ1n) is 8.45. The van der Waals surface area contributed by atoms with Crippen molar-refractivity contribution in [3.8, 4) is 0 Å². The maximum atomic E-state index is 11.7. The van der Waals surface area contributed by atoms with Gasteiger partial charge < -0.3 is 15.0 Å². The van der Waals surface area contributed by atoms with Crippen molar-refractivity contribution in [2.45, 2.75) is 31.7 Å². The molecule has 1 saturated carbocycles. The Hall–Kier alpha value is -3.29. The van der Waals surface area contributed by atoms with Crippen molar-refractivity contribution in [3.63, 3.8) is 0 Å². The summed E-state index contributed by atoms with van der Waals surface area (Å²) in [6.07, 6.45) is 7.87. The molecule has 3 aromatic rings. The number of carbonyl (C=O) groups excluding carboxylic acids is 1. The molecule has 8 heteroatoms. The average molecular weight is 351 g/mol. The van der Waals surface area contributed by atoms with Crippen LogP contribution < -0.4 is 5.32 Å². The summed E-state index contributed by atoms with van der Waals surface area (Å²) >= 11 is 0. The smallest absolute Gasteiger partial charge is 0.352 e. The Kier molecular flexibility index (Phi) is 4.08. The molecule has 1 fully saturated rings. The Bertz CT molecular complexity index is 974. The highest BCUT2D eigenvalue weighted by Gasteiger charge is 2.25. The Balaban J connectivity index is 1.74. The maximum absolute atomic E-state index is 11.7. The number of anilines is 2. The van der Waals surface area contributed by atoms with Crippen LogP contribution in [0.4, 0.5) is 11.8 Å². The normalized spacial score (nSPS) is 14.6. The number of aldehydes is 1. The zero-order chi connectivity index (χ0) is 18.1. The maximum Gasteiger partial charge on any atom is 0.352 e. The third-order valence-electron chi connectivity index (χ3n) is 4.65. The lowest BCUT2D eigenvalue weighted by Crippen LogP contribution is -2.13. The molecule has 3 aromatic heterocycles. The first-order valence-corrected chi connectivity index (χ1v) is 8.45. The molecule has 8 nitrogen and oxygen atoms in total. The molecule has 1 aliphatic rings. The van der Waals surface area contributed by atoms with Crippen LogP contribution in [-0.2, 0) is 0 Å². The highest BCUT2D eigenvalue weighted by molar-refractivity contribution is 5.93. The lowest BCUT2D eigenvalue weighted by atomic mass is 10.2. The SMILES string of the molecule is O=Cc1ccc(Nc2ncc3cc(C(=O)O)n(C4CCCC4)c3n2)nc1. The molecule has 132 valence electrons. The van der Waals surface area contributed by atoms with Gasteiger partial charge in [0.25, 0.3) is 0 Å². The van der Waals surface area contributed by atoms with E-state index in [9.17, 15) is 14.7 Å². The minimum atomic E-state index is -0.962. The molecule has 1 aliphatic carbocycles. The van der Waals surface area contributed by atoms with Crippen LogP contribution in [0.15, 0.2) is 30.6 Å². The van der Waals surface area contributed by atoms with E-state index in [-0.39, 0.29) is 11.7 Å². The minimum Gasteiger partial charge on any atom is -0.477 e. The number of carboxylic acid groups (broad SMARTS) is 1. The van der Waals surface area contributed by atoms with Gasteiger partial charge in [0.1, 0.15) is 17.2 Å². The first-order chi connectivity index (χ1) is 12.7. The number of rotatable bonds is 5. The summed E-state index contributed by atoms with van der Waals surface area (Å²) in [5, 5.41) is 13.2. The van der Waals surface area contributed by atoms with E-state index < -0.39 is 5.97 Å². The Labute approximate surface area is 148 Å². The van der Waals surface area contributed by atoms with E-state index in [1.807, 2.05) is 4.57 Å². The minimum absolute atomic E-state index is 0.145. The molecule has 0 amide bonds. The zero-order valence-corrected chi connectivity index (χ0v) is 13.9. The van der Waals surface area contributed by atoms with E-state index in [0.29, 0.717) is 28.4 Å². The molecule has 3 heterocycles. The summed E-state index contributed by atoms with van der Waals surface area (Å²) in [5.41, 5.74) is 1.33. The van der Waals surface area contributed by atoms with Crippen molar-refractivity contribution in [2.24, 2.45) is 0 Å². The predicted molar refractivity (Wildman–Crippen MR) is 94.9 cm³/mol. The summed E-state index contributed by atoms with van der Waals surface area (Å²) in [6, 6.07) is 5.07. The lowest BCUT2D eigenvalue weighted by molar-refractivity contribution is 0.0683. The van der Waals surface area contributed by atoms with Gasteiger partial charge in [0.05, 0.1) is 0 Å². The monoisotopic (exact) mass is 351 g/mol. The number of carboxylic acids is 1. The lowest BCUT2D eigenvalue weighted by Gasteiger charge is -2.15. The summed E-state index contributed by atoms with van der Waals surface area (Å²) in [7, 11) is 0. The van der Waals surface area contributed by atoms with Gasteiger partial charge in [-0.25, -0.2) is 14.8 Å². The second-order valence-corrected chi connectivity index (χ2v) is 6.34. The van der Waals surface area contributed by atoms with Gasteiger partial charge in [-0.05, 0) is 31.0 Å². The zero-order valence-electron chi connectivity index (χ0n) is 13.9. The number of aromatic nitrogens is 4. The Morgan fingerprint density at radius 2 is 2.04 bits per heavy atom. The molecule has 26 heavy (non-hydrogen) atoms. The average Bonchev–Trinajstić information content (AvgIpc) is 3.29. The van der Waals surface area contributed by atoms with E-state index >= 15 is 0 Å². The van der Waals surface area contributed by atoms with Crippen LogP contribution in [0.25, 0.3) is 11.0 Å². The fourth-order valence-corrected chi connectivity index (χ4v) is 3.43. The number of nitrogens with zero attached hydrogens (tertiary/aromatic N) is 4. The van der Waals surface area contributed by atoms with Gasteiger partial charge in [-0.3, -0.25) is 4.79 Å². The fourth-order valence-electron chi connectivity index (χ4n) is 3.43. The molecule has 0 unspecified atom stereocenters. The molecule has 0 aliphatic heterocycles. The number of nitrogens with one attached hydrogen (secondary N) is 1. The summed E-state index contributed by atoms with van der Waals surface area (Å²) in [4.78, 5) is 35.3. The number of pyridine rings is 1. The van der Waals surface area contributed by atoms with Crippen molar-refractivity contribution < 1.29 is 14.7 Å². The van der Waals surface area contributed by atoms with Crippen LogP contribution in [0, 0.1) is 0 Å². The number of aromatic carboxylic acids is 1. The van der Waals surface area contributed by atoms with Crippen LogP contribution in [-0.4, -0.2) is 36.9 Å². The Morgan fingerprint density at radius 3 is 2.69 bits per heavy atom. The molecule has 4 rings (SSSR count). The van der Waals surface area contributed by atoms with E-state index in [4.69, 9.17) is 0 Å². The molecule has 0 atom stereocenters. The third-order valence-corrected chi connectivity index (χ3v) is 4.65. The van der Waals surface area contributed by atoms with Gasteiger partial charge in [-0.2, -0.15) is 4.98 Å². The van der Waals surface area contributed by atoms with E-state index in [1.54, 1.807) is 24.4 Å². The summed E-state index contributed by atoms with van der Waals surface area (Å²) in [5.74, 6) is -0.124. The number of carbonyl (C=O) groups is 2. The van der Waals surface area contributed by atoms with Crippen molar-refractivity contribution in [1.29, 1.82) is 0 Å². The van der Waals surface area contributed by atoms with Gasteiger partial charge >= 0.3 is 5.97 Å². The van der Waals surface area contributed by atoms with Crippen molar-refractivity contribution >= 4 is 35.1 Å². The quantitative estimate of drug-likeness (QED) is 0.679. The van der Waals surface area contributed by atoms with Gasteiger partial charge in [0.2, 0.25) is 5.95 Å². The summed E-state index contributed by atoms with van der Waals surface area (Å²) < 4.78 is 1.82. The van der Waals surface area contributed by atoms with Crippen molar-refractivity contribution in [3.05, 3.63) is 41.9 Å². The highest BCUT2D eigenvalue weighted by atomic mass is 16.4. The standard InChI is InChI=1S/C18H17N5O3/c24-10-11-5-6-15(19-8-11)21-18-20-9-12-7-14(17(25)26)23(16(12)22-18)13-3-1-2-4-13/h5-10,13H,1-4H2,(H,25,26)(H,19,20,21,22). The molecule has 2 N–H and O–H groups in total. The number of hydrogen-bond donors (Lipinski definition) is 2. The topological polar surface area (TPSA) is 110 Å². The second-order valence-electron chi connectivity index (χ2n) is 6.34. The summed E-state index contributed by atoms with van der Waals surface area (Å²) in [6.45, 7) is 0. The van der Waals surface area contributed by atoms with E-state index in [2.05, 4.69) is 20.3 Å². The first kappa shape index (κ1) is 16.2. The van der Waals surface area contributed by atoms with Crippen molar-refractivity contribution in [1.82, 2.24) is 19.5 Å². The van der Waals surface area contributed by atoms with Crippen LogP contribution in [0.1, 0.15) is 52.6 Å². The molecule has 0 saturated heterocycles. The number of fused-ring (bicyclic) bond motifs is 1. The van der Waals surface area contributed by atoms with Crippen LogP contribution >= 0.6 is 0 Å². The predicted octanol–water partition coefficient (Wildman–Crippen LogP) is 3.20. The number of hydrogen-bond acceptors (Lipinski definition) is 6. The van der Waals surface area contributed by atoms with E-state index in [0.717, 1.165) is 32.0 Å². The third kappa shape index (κ3) is 2.90. The van der Waals surface area contributed by atoms with Gasteiger partial charge in [0.15, 0.2) is 6.29 Å². The fraction of sp³-hybridized carbons (Fsp3) is 0.278. The van der Waals surface area contributed by atoms with Crippen LogP contribution in [0.3, 0.4) is 0 Å². The largest absolute Gasteiger partial charge is 0.477 e. The van der Waals surface area contributed by atoms with Gasteiger partial charge in [0, 0.05) is 29.4 Å². The Morgan fingerprint density at radius 1 is 1.23 bits per heavy atom. The molecule has 0 spiro atoms.